The molecule has 112 valence electrons. The molecule has 1 aromatic heterocycles. The van der Waals surface area contributed by atoms with Crippen LogP contribution in [0.4, 0.5) is 4.79 Å². The van der Waals surface area contributed by atoms with Gasteiger partial charge >= 0.3 is 6.09 Å². The first-order valence-corrected chi connectivity index (χ1v) is 6.92. The summed E-state index contributed by atoms with van der Waals surface area (Å²) >= 11 is 0. The van der Waals surface area contributed by atoms with E-state index in [0.717, 1.165) is 12.8 Å². The molecule has 1 N–H and O–H groups in total. The van der Waals surface area contributed by atoms with Crippen LogP contribution in [0.15, 0.2) is 10.7 Å². The van der Waals surface area contributed by atoms with Gasteiger partial charge in [-0.3, -0.25) is 0 Å². The van der Waals surface area contributed by atoms with Gasteiger partial charge in [-0.05, 0) is 33.6 Å². The Kier molecular flexibility index (Phi) is 4.32. The van der Waals surface area contributed by atoms with Crippen LogP contribution in [-0.4, -0.2) is 39.8 Å². The Labute approximate surface area is 118 Å². The standard InChI is InChI=1S/C14H22N2O4/c1-14(2,3)20-13(18)16-6-4-10(5-7-16)12-15-11(8-17)9-19-12/h9-10,17H,4-8H2,1-3H3. The first-order valence-electron chi connectivity index (χ1n) is 6.92. The molecule has 0 aliphatic carbocycles. The topological polar surface area (TPSA) is 75.8 Å². The molecule has 1 saturated heterocycles. The fourth-order valence-corrected chi connectivity index (χ4v) is 2.22. The van der Waals surface area contributed by atoms with Gasteiger partial charge in [0.05, 0.1) is 6.61 Å². The number of oxazole rings is 1. The van der Waals surface area contributed by atoms with Crippen molar-refractivity contribution in [1.82, 2.24) is 9.88 Å². The zero-order valence-corrected chi connectivity index (χ0v) is 12.3. The average molecular weight is 282 g/mol. The molecule has 2 heterocycles. The maximum atomic E-state index is 11.9. The summed E-state index contributed by atoms with van der Waals surface area (Å²) in [5.74, 6) is 0.854. The van der Waals surface area contributed by atoms with Crippen LogP contribution in [0.3, 0.4) is 0 Å². The number of hydrogen-bond acceptors (Lipinski definition) is 5. The van der Waals surface area contributed by atoms with E-state index in [1.54, 1.807) is 4.90 Å². The quantitative estimate of drug-likeness (QED) is 0.900. The predicted octanol–water partition coefficient (Wildman–Crippen LogP) is 2.28. The summed E-state index contributed by atoms with van der Waals surface area (Å²) in [5.41, 5.74) is 0.0848. The van der Waals surface area contributed by atoms with Crippen LogP contribution in [0, 0.1) is 0 Å². The third-order valence-electron chi connectivity index (χ3n) is 3.23. The van der Waals surface area contributed by atoms with Crippen molar-refractivity contribution >= 4 is 6.09 Å². The number of aliphatic hydroxyl groups is 1. The Morgan fingerprint density at radius 2 is 2.15 bits per heavy atom. The molecule has 1 aromatic rings. The van der Waals surface area contributed by atoms with E-state index in [9.17, 15) is 4.79 Å². The second-order valence-electron chi connectivity index (χ2n) is 6.08. The van der Waals surface area contributed by atoms with E-state index >= 15 is 0 Å². The molecule has 0 saturated carbocycles. The highest BCUT2D eigenvalue weighted by atomic mass is 16.6. The number of aliphatic hydroxyl groups excluding tert-OH is 1. The fourth-order valence-electron chi connectivity index (χ4n) is 2.22. The molecule has 1 amide bonds. The summed E-state index contributed by atoms with van der Waals surface area (Å²) in [4.78, 5) is 17.9. The summed E-state index contributed by atoms with van der Waals surface area (Å²) in [6.07, 6.45) is 2.81. The van der Waals surface area contributed by atoms with Crippen molar-refractivity contribution < 1.29 is 19.1 Å². The highest BCUT2D eigenvalue weighted by Crippen LogP contribution is 2.28. The smallest absolute Gasteiger partial charge is 0.410 e. The lowest BCUT2D eigenvalue weighted by molar-refractivity contribution is 0.0199. The Balaban J connectivity index is 1.87. The van der Waals surface area contributed by atoms with Crippen molar-refractivity contribution in [2.24, 2.45) is 0 Å². The molecule has 0 radical (unpaired) electrons. The maximum Gasteiger partial charge on any atom is 0.410 e. The summed E-state index contributed by atoms with van der Waals surface area (Å²) in [7, 11) is 0. The Hall–Kier alpha value is -1.56. The molecule has 1 fully saturated rings. The van der Waals surface area contributed by atoms with Gasteiger partial charge in [-0.15, -0.1) is 0 Å². The van der Waals surface area contributed by atoms with Crippen LogP contribution < -0.4 is 0 Å². The van der Waals surface area contributed by atoms with E-state index in [1.807, 2.05) is 20.8 Å². The van der Waals surface area contributed by atoms with E-state index in [-0.39, 0.29) is 18.6 Å². The molecule has 6 heteroatoms. The number of hydrogen-bond donors (Lipinski definition) is 1. The van der Waals surface area contributed by atoms with Crippen LogP contribution >= 0.6 is 0 Å². The molecule has 1 aliphatic heterocycles. The fraction of sp³-hybridized carbons (Fsp3) is 0.714. The molecule has 2 rings (SSSR count). The number of likely N-dealkylation sites (tertiary alicyclic amines) is 1. The van der Waals surface area contributed by atoms with Gasteiger partial charge in [0.15, 0.2) is 5.89 Å². The van der Waals surface area contributed by atoms with Gasteiger partial charge in [-0.1, -0.05) is 0 Å². The van der Waals surface area contributed by atoms with E-state index in [4.69, 9.17) is 14.3 Å². The van der Waals surface area contributed by atoms with Crippen molar-refractivity contribution in [1.29, 1.82) is 0 Å². The number of amides is 1. The van der Waals surface area contributed by atoms with Gasteiger partial charge in [-0.2, -0.15) is 0 Å². The SMILES string of the molecule is CC(C)(C)OC(=O)N1CCC(c2nc(CO)co2)CC1. The van der Waals surface area contributed by atoms with Gasteiger partial charge in [0.25, 0.3) is 0 Å². The number of ether oxygens (including phenoxy) is 1. The molecule has 6 nitrogen and oxygen atoms in total. The number of piperidine rings is 1. The lowest BCUT2D eigenvalue weighted by Gasteiger charge is -2.32. The minimum Gasteiger partial charge on any atom is -0.448 e. The highest BCUT2D eigenvalue weighted by molar-refractivity contribution is 5.68. The second kappa shape index (κ2) is 5.83. The van der Waals surface area contributed by atoms with Crippen molar-refractivity contribution in [2.75, 3.05) is 13.1 Å². The lowest BCUT2D eigenvalue weighted by Crippen LogP contribution is -2.41. The van der Waals surface area contributed by atoms with Crippen molar-refractivity contribution in [3.63, 3.8) is 0 Å². The van der Waals surface area contributed by atoms with E-state index in [0.29, 0.717) is 24.7 Å². The Morgan fingerprint density at radius 1 is 1.50 bits per heavy atom. The molecule has 0 atom stereocenters. The minimum absolute atomic E-state index is 0.111. The molecule has 20 heavy (non-hydrogen) atoms. The molecule has 0 aromatic carbocycles. The number of nitrogens with zero attached hydrogens (tertiary/aromatic N) is 2. The largest absolute Gasteiger partial charge is 0.448 e. The zero-order valence-electron chi connectivity index (χ0n) is 12.3. The van der Waals surface area contributed by atoms with E-state index < -0.39 is 5.60 Å². The monoisotopic (exact) mass is 282 g/mol. The van der Waals surface area contributed by atoms with E-state index in [1.165, 1.54) is 6.26 Å². The van der Waals surface area contributed by atoms with Crippen LogP contribution in [0.2, 0.25) is 0 Å². The van der Waals surface area contributed by atoms with Crippen molar-refractivity contribution in [2.45, 2.75) is 51.7 Å². The predicted molar refractivity (Wildman–Crippen MR) is 72.2 cm³/mol. The minimum atomic E-state index is -0.466. The number of rotatable bonds is 2. The van der Waals surface area contributed by atoms with Crippen LogP contribution in [0.1, 0.15) is 51.1 Å². The highest BCUT2D eigenvalue weighted by Gasteiger charge is 2.29. The number of carbonyl (C=O) groups excluding carboxylic acids is 1. The van der Waals surface area contributed by atoms with Crippen LogP contribution in [0.5, 0.6) is 0 Å². The van der Waals surface area contributed by atoms with Crippen molar-refractivity contribution in [3.8, 4) is 0 Å². The third-order valence-corrected chi connectivity index (χ3v) is 3.23. The van der Waals surface area contributed by atoms with E-state index in [2.05, 4.69) is 4.98 Å². The molecule has 0 unspecified atom stereocenters. The van der Waals surface area contributed by atoms with Gasteiger partial charge in [0.1, 0.15) is 17.6 Å². The average Bonchev–Trinajstić information content (AvgIpc) is 2.85. The normalized spacial score (nSPS) is 17.3. The van der Waals surface area contributed by atoms with Gasteiger partial charge in [0, 0.05) is 19.0 Å². The third kappa shape index (κ3) is 3.72. The van der Waals surface area contributed by atoms with Crippen LogP contribution in [0.25, 0.3) is 0 Å². The maximum absolute atomic E-state index is 11.9. The van der Waals surface area contributed by atoms with Crippen molar-refractivity contribution in [3.05, 3.63) is 17.8 Å². The molecule has 1 aliphatic rings. The van der Waals surface area contributed by atoms with Gasteiger partial charge in [-0.25, -0.2) is 9.78 Å². The summed E-state index contributed by atoms with van der Waals surface area (Å²) in [6, 6.07) is 0. The van der Waals surface area contributed by atoms with Crippen LogP contribution in [-0.2, 0) is 11.3 Å². The Morgan fingerprint density at radius 3 is 2.65 bits per heavy atom. The van der Waals surface area contributed by atoms with Gasteiger partial charge < -0.3 is 19.2 Å². The molecular formula is C14H22N2O4. The molecule has 0 spiro atoms. The zero-order chi connectivity index (χ0) is 14.8. The Bertz CT molecular complexity index is 456. The molecule has 0 bridgehead atoms. The summed E-state index contributed by atoms with van der Waals surface area (Å²) in [6.45, 7) is 6.75. The number of carbonyl (C=O) groups is 1. The lowest BCUT2D eigenvalue weighted by atomic mass is 9.97. The van der Waals surface area contributed by atoms with Gasteiger partial charge in [0.2, 0.25) is 0 Å². The summed E-state index contributed by atoms with van der Waals surface area (Å²) in [5, 5.41) is 8.98. The first-order chi connectivity index (χ1) is 9.39. The molecular weight excluding hydrogens is 260 g/mol. The first kappa shape index (κ1) is 14.8. The number of aromatic nitrogens is 1. The summed E-state index contributed by atoms with van der Waals surface area (Å²) < 4.78 is 10.7. The second-order valence-corrected chi connectivity index (χ2v) is 6.08.